The van der Waals surface area contributed by atoms with Crippen LogP contribution in [0.15, 0.2) is 42.5 Å². The Morgan fingerprint density at radius 1 is 1.21 bits per heavy atom. The molecule has 4 nitrogen and oxygen atoms in total. The molecule has 2 rings (SSSR count). The Hall–Kier alpha value is -1.78. The van der Waals surface area contributed by atoms with Gasteiger partial charge in [0.25, 0.3) is 5.69 Å². The van der Waals surface area contributed by atoms with E-state index in [-0.39, 0.29) is 11.6 Å². The molecule has 0 saturated carbocycles. The number of halogens is 2. The van der Waals surface area contributed by atoms with Crippen LogP contribution in [0.4, 0.5) is 5.69 Å². The zero-order valence-corrected chi connectivity index (χ0v) is 11.2. The molecule has 6 heteroatoms. The zero-order chi connectivity index (χ0) is 13.8. The molecule has 0 radical (unpaired) electrons. The van der Waals surface area contributed by atoms with Crippen molar-refractivity contribution in [3.63, 3.8) is 0 Å². The van der Waals surface area contributed by atoms with Crippen LogP contribution in [0.1, 0.15) is 5.56 Å². The summed E-state index contributed by atoms with van der Waals surface area (Å²) in [6, 6.07) is 11.4. The number of alkyl halides is 1. The molecule has 0 fully saturated rings. The van der Waals surface area contributed by atoms with Crippen molar-refractivity contribution < 1.29 is 9.66 Å². The molecule has 0 heterocycles. The first kappa shape index (κ1) is 13.6. The summed E-state index contributed by atoms with van der Waals surface area (Å²) in [4.78, 5) is 10.3. The van der Waals surface area contributed by atoms with E-state index in [4.69, 9.17) is 27.9 Å². The summed E-state index contributed by atoms with van der Waals surface area (Å²) in [6.45, 7) is 0. The number of rotatable bonds is 4. The van der Waals surface area contributed by atoms with E-state index in [2.05, 4.69) is 0 Å². The van der Waals surface area contributed by atoms with Gasteiger partial charge in [-0.3, -0.25) is 10.1 Å². The van der Waals surface area contributed by atoms with Gasteiger partial charge in [-0.25, -0.2) is 0 Å². The predicted octanol–water partition coefficient (Wildman–Crippen LogP) is 4.78. The standard InChI is InChI=1S/C13H9Cl2NO3/c14-8-9-7-10(5-6-12(9)16(17)18)19-13-4-2-1-3-11(13)15/h1-7H,8H2. The van der Waals surface area contributed by atoms with Crippen LogP contribution < -0.4 is 4.74 Å². The highest BCUT2D eigenvalue weighted by Gasteiger charge is 2.14. The first-order chi connectivity index (χ1) is 9.11. The maximum absolute atomic E-state index is 10.8. The SMILES string of the molecule is O=[N+]([O-])c1ccc(Oc2ccccc2Cl)cc1CCl. The maximum atomic E-state index is 10.8. The fourth-order valence-corrected chi connectivity index (χ4v) is 1.95. The van der Waals surface area contributed by atoms with Crippen molar-refractivity contribution >= 4 is 28.9 Å². The minimum Gasteiger partial charge on any atom is -0.456 e. The lowest BCUT2D eigenvalue weighted by Crippen LogP contribution is -1.94. The Kier molecular flexibility index (Phi) is 4.24. The van der Waals surface area contributed by atoms with Crippen LogP contribution in [0.3, 0.4) is 0 Å². The van der Waals surface area contributed by atoms with E-state index in [9.17, 15) is 10.1 Å². The number of nitro benzene ring substituents is 1. The van der Waals surface area contributed by atoms with Gasteiger partial charge in [-0.05, 0) is 24.3 Å². The molecule has 0 unspecified atom stereocenters. The van der Waals surface area contributed by atoms with Crippen molar-refractivity contribution in [1.82, 2.24) is 0 Å². The summed E-state index contributed by atoms with van der Waals surface area (Å²) in [5.41, 5.74) is 0.373. The molecule has 0 aromatic heterocycles. The zero-order valence-electron chi connectivity index (χ0n) is 9.68. The molecule has 2 aromatic rings. The van der Waals surface area contributed by atoms with Crippen molar-refractivity contribution in [2.24, 2.45) is 0 Å². The highest BCUT2D eigenvalue weighted by atomic mass is 35.5. The molecular formula is C13H9Cl2NO3. The second-order valence-corrected chi connectivity index (χ2v) is 4.39. The van der Waals surface area contributed by atoms with E-state index in [1.807, 2.05) is 0 Å². The topological polar surface area (TPSA) is 52.4 Å². The lowest BCUT2D eigenvalue weighted by Gasteiger charge is -2.08. The number of para-hydroxylation sites is 1. The number of benzene rings is 2. The van der Waals surface area contributed by atoms with Gasteiger partial charge < -0.3 is 4.74 Å². The quantitative estimate of drug-likeness (QED) is 0.463. The lowest BCUT2D eigenvalue weighted by atomic mass is 10.2. The maximum Gasteiger partial charge on any atom is 0.274 e. The summed E-state index contributed by atoms with van der Waals surface area (Å²) < 4.78 is 5.57. The molecule has 0 bridgehead atoms. The van der Waals surface area contributed by atoms with Gasteiger partial charge in [-0.15, -0.1) is 11.6 Å². The monoisotopic (exact) mass is 297 g/mol. The summed E-state index contributed by atoms with van der Waals surface area (Å²) in [5, 5.41) is 11.3. The summed E-state index contributed by atoms with van der Waals surface area (Å²) in [6.07, 6.45) is 0. The van der Waals surface area contributed by atoms with Gasteiger partial charge in [0.05, 0.1) is 15.8 Å². The van der Waals surface area contributed by atoms with E-state index in [1.54, 1.807) is 24.3 Å². The minimum atomic E-state index is -0.475. The molecule has 98 valence electrons. The van der Waals surface area contributed by atoms with E-state index in [0.29, 0.717) is 22.1 Å². The van der Waals surface area contributed by atoms with Gasteiger partial charge in [0.2, 0.25) is 0 Å². The van der Waals surface area contributed by atoms with Crippen LogP contribution in [-0.4, -0.2) is 4.92 Å². The molecule has 0 atom stereocenters. The number of nitro groups is 1. The summed E-state index contributed by atoms with van der Waals surface area (Å²) >= 11 is 11.7. The van der Waals surface area contributed by atoms with E-state index >= 15 is 0 Å². The third-order valence-corrected chi connectivity index (χ3v) is 3.06. The van der Waals surface area contributed by atoms with Crippen LogP contribution in [0.5, 0.6) is 11.5 Å². The van der Waals surface area contributed by atoms with Crippen molar-refractivity contribution in [2.75, 3.05) is 0 Å². The van der Waals surface area contributed by atoms with Crippen LogP contribution in [0.25, 0.3) is 0 Å². The second kappa shape index (κ2) is 5.91. The van der Waals surface area contributed by atoms with Crippen molar-refractivity contribution in [1.29, 1.82) is 0 Å². The molecule has 0 spiro atoms. The lowest BCUT2D eigenvalue weighted by molar-refractivity contribution is -0.385. The smallest absolute Gasteiger partial charge is 0.274 e. The molecule has 0 aliphatic carbocycles. The Balaban J connectivity index is 2.32. The third kappa shape index (κ3) is 3.16. The molecular weight excluding hydrogens is 289 g/mol. The Labute approximate surface area is 119 Å². The first-order valence-corrected chi connectivity index (χ1v) is 6.28. The second-order valence-electron chi connectivity index (χ2n) is 3.71. The molecule has 0 aliphatic heterocycles. The largest absolute Gasteiger partial charge is 0.456 e. The number of hydrogen-bond donors (Lipinski definition) is 0. The Bertz CT molecular complexity index is 617. The van der Waals surface area contributed by atoms with E-state index in [0.717, 1.165) is 0 Å². The summed E-state index contributed by atoms with van der Waals surface area (Å²) in [7, 11) is 0. The molecule has 0 saturated heterocycles. The Morgan fingerprint density at radius 3 is 2.58 bits per heavy atom. The first-order valence-electron chi connectivity index (χ1n) is 5.37. The molecule has 0 N–H and O–H groups in total. The summed E-state index contributed by atoms with van der Waals surface area (Å²) in [5.74, 6) is 0.976. The van der Waals surface area contributed by atoms with Gasteiger partial charge in [0.1, 0.15) is 11.5 Å². The highest BCUT2D eigenvalue weighted by Crippen LogP contribution is 2.32. The van der Waals surface area contributed by atoms with Crippen molar-refractivity contribution in [2.45, 2.75) is 5.88 Å². The average Bonchev–Trinajstić information content (AvgIpc) is 2.41. The van der Waals surface area contributed by atoms with Crippen LogP contribution in [0.2, 0.25) is 5.02 Å². The molecule has 2 aromatic carbocycles. The molecule has 19 heavy (non-hydrogen) atoms. The van der Waals surface area contributed by atoms with Gasteiger partial charge in [0, 0.05) is 11.6 Å². The minimum absolute atomic E-state index is 0.0264. The van der Waals surface area contributed by atoms with Gasteiger partial charge in [0.15, 0.2) is 0 Å². The fraction of sp³-hybridized carbons (Fsp3) is 0.0769. The number of ether oxygens (including phenoxy) is 1. The normalized spacial score (nSPS) is 10.2. The number of nitrogens with zero attached hydrogens (tertiary/aromatic N) is 1. The molecule has 0 amide bonds. The van der Waals surface area contributed by atoms with Crippen LogP contribution in [0, 0.1) is 10.1 Å². The third-order valence-electron chi connectivity index (χ3n) is 2.46. The Morgan fingerprint density at radius 2 is 1.95 bits per heavy atom. The fourth-order valence-electron chi connectivity index (χ4n) is 1.56. The predicted molar refractivity (Wildman–Crippen MR) is 74.2 cm³/mol. The van der Waals surface area contributed by atoms with Gasteiger partial charge >= 0.3 is 0 Å². The number of hydrogen-bond acceptors (Lipinski definition) is 3. The van der Waals surface area contributed by atoms with Gasteiger partial charge in [-0.2, -0.15) is 0 Å². The van der Waals surface area contributed by atoms with E-state index < -0.39 is 4.92 Å². The highest BCUT2D eigenvalue weighted by molar-refractivity contribution is 6.32. The van der Waals surface area contributed by atoms with Crippen LogP contribution >= 0.6 is 23.2 Å². The van der Waals surface area contributed by atoms with E-state index in [1.165, 1.54) is 18.2 Å². The van der Waals surface area contributed by atoms with Crippen LogP contribution in [-0.2, 0) is 5.88 Å². The molecule has 0 aliphatic rings. The van der Waals surface area contributed by atoms with Gasteiger partial charge in [-0.1, -0.05) is 23.7 Å². The van der Waals surface area contributed by atoms with Crippen molar-refractivity contribution in [3.8, 4) is 11.5 Å². The van der Waals surface area contributed by atoms with Crippen molar-refractivity contribution in [3.05, 3.63) is 63.2 Å². The average molecular weight is 298 g/mol.